The number of hydrogen-bond donors (Lipinski definition) is 0. The van der Waals surface area contributed by atoms with Crippen molar-refractivity contribution in [1.82, 2.24) is 14.1 Å². The Morgan fingerprint density at radius 1 is 1.03 bits per heavy atom. The van der Waals surface area contributed by atoms with Crippen LogP contribution in [0.4, 0.5) is 0 Å². The quantitative estimate of drug-likeness (QED) is 0.323. The van der Waals surface area contributed by atoms with Gasteiger partial charge in [0.1, 0.15) is 0 Å². The first-order valence-corrected chi connectivity index (χ1v) is 15.3. The molecule has 10 heteroatoms. The van der Waals surface area contributed by atoms with E-state index >= 15 is 0 Å². The summed E-state index contributed by atoms with van der Waals surface area (Å²) in [4.78, 5) is 20.0. The smallest absolute Gasteiger partial charge is 0.255 e. The van der Waals surface area contributed by atoms with E-state index in [1.54, 1.807) is 30.1 Å². The number of halogens is 2. The van der Waals surface area contributed by atoms with E-state index in [0.29, 0.717) is 26.2 Å². The molecule has 6 nitrogen and oxygen atoms in total. The van der Waals surface area contributed by atoms with Gasteiger partial charge in [-0.3, -0.25) is 9.69 Å². The molecule has 0 bridgehead atoms. The van der Waals surface area contributed by atoms with E-state index in [2.05, 4.69) is 45.1 Å². The molecule has 1 aromatic heterocycles. The van der Waals surface area contributed by atoms with Crippen molar-refractivity contribution >= 4 is 54.8 Å². The molecule has 0 spiro atoms. The van der Waals surface area contributed by atoms with Gasteiger partial charge in [0.15, 0.2) is 0 Å². The molecule has 3 aromatic rings. The zero-order valence-corrected chi connectivity index (χ0v) is 24.3. The van der Waals surface area contributed by atoms with Gasteiger partial charge in [0, 0.05) is 60.0 Å². The van der Waals surface area contributed by atoms with Crippen LogP contribution in [0.5, 0.6) is 0 Å². The van der Waals surface area contributed by atoms with Crippen molar-refractivity contribution in [2.24, 2.45) is 0 Å². The van der Waals surface area contributed by atoms with Gasteiger partial charge in [0.25, 0.3) is 5.91 Å². The maximum Gasteiger partial charge on any atom is 0.255 e. The number of carbonyl (C=O) groups is 1. The average Bonchev–Trinajstić information content (AvgIpc) is 3.33. The standard InChI is InChI=1S/C26H29BrClN3O3S2/c1-3-31(4-2)36(33,34)22-9-10-24(28)23(17-22)26(32)30-14-12-29(13-15-30)18-21-8-11-25(35-21)19-6-5-7-20(27)16-19/h5-11,16-17H,3-4,12-15,18H2,1-2H3. The van der Waals surface area contributed by atoms with Gasteiger partial charge in [-0.1, -0.05) is 53.5 Å². The molecular formula is C26H29BrClN3O3S2. The van der Waals surface area contributed by atoms with Gasteiger partial charge in [0.2, 0.25) is 10.0 Å². The van der Waals surface area contributed by atoms with Crippen LogP contribution in [-0.2, 0) is 16.6 Å². The molecule has 0 radical (unpaired) electrons. The zero-order valence-electron chi connectivity index (χ0n) is 20.3. The summed E-state index contributed by atoms with van der Waals surface area (Å²) in [6.07, 6.45) is 0. The van der Waals surface area contributed by atoms with E-state index in [1.807, 2.05) is 12.1 Å². The van der Waals surface area contributed by atoms with Crippen LogP contribution in [-0.4, -0.2) is 67.7 Å². The monoisotopic (exact) mass is 609 g/mol. The summed E-state index contributed by atoms with van der Waals surface area (Å²) < 4.78 is 28.3. The van der Waals surface area contributed by atoms with Crippen LogP contribution in [0.25, 0.3) is 10.4 Å². The summed E-state index contributed by atoms with van der Waals surface area (Å²) in [6, 6.07) is 17.0. The molecule has 0 aliphatic carbocycles. The lowest BCUT2D eigenvalue weighted by Gasteiger charge is -2.34. The molecule has 1 aliphatic heterocycles. The maximum absolute atomic E-state index is 13.3. The van der Waals surface area contributed by atoms with Crippen molar-refractivity contribution in [3.05, 3.63) is 74.5 Å². The predicted molar refractivity (Wildman–Crippen MR) is 150 cm³/mol. The molecule has 0 saturated carbocycles. The molecule has 0 N–H and O–H groups in total. The molecule has 2 aromatic carbocycles. The lowest BCUT2D eigenvalue weighted by atomic mass is 10.1. The van der Waals surface area contributed by atoms with Crippen LogP contribution in [0.3, 0.4) is 0 Å². The highest BCUT2D eigenvalue weighted by Crippen LogP contribution is 2.31. The van der Waals surface area contributed by atoms with Crippen molar-refractivity contribution in [3.63, 3.8) is 0 Å². The van der Waals surface area contributed by atoms with Crippen molar-refractivity contribution < 1.29 is 13.2 Å². The number of rotatable bonds is 8. The third kappa shape index (κ3) is 6.03. The summed E-state index contributed by atoms with van der Waals surface area (Å²) in [5.74, 6) is -0.232. The summed E-state index contributed by atoms with van der Waals surface area (Å²) in [5.41, 5.74) is 1.42. The van der Waals surface area contributed by atoms with E-state index in [4.69, 9.17) is 11.6 Å². The van der Waals surface area contributed by atoms with Crippen LogP contribution >= 0.6 is 38.9 Å². The second kappa shape index (κ2) is 11.8. The third-order valence-electron chi connectivity index (χ3n) is 6.32. The Bertz CT molecular complexity index is 1330. The molecule has 4 rings (SSSR count). The number of hydrogen-bond acceptors (Lipinski definition) is 5. The SMILES string of the molecule is CCN(CC)S(=O)(=O)c1ccc(Cl)c(C(=O)N2CCN(Cc3ccc(-c4cccc(Br)c4)s3)CC2)c1. The molecule has 0 unspecified atom stereocenters. The number of sulfonamides is 1. The molecule has 1 amide bonds. The fourth-order valence-electron chi connectivity index (χ4n) is 4.30. The van der Waals surface area contributed by atoms with Crippen molar-refractivity contribution in [2.75, 3.05) is 39.3 Å². The third-order valence-corrected chi connectivity index (χ3v) is 10.3. The van der Waals surface area contributed by atoms with E-state index < -0.39 is 10.0 Å². The van der Waals surface area contributed by atoms with E-state index in [1.165, 1.54) is 37.8 Å². The lowest BCUT2D eigenvalue weighted by Crippen LogP contribution is -2.48. The van der Waals surface area contributed by atoms with Gasteiger partial charge in [-0.05, 0) is 48.0 Å². The Labute approximate surface area is 230 Å². The molecule has 1 fully saturated rings. The minimum atomic E-state index is -3.67. The summed E-state index contributed by atoms with van der Waals surface area (Å²) >= 11 is 11.7. The molecule has 192 valence electrons. The van der Waals surface area contributed by atoms with E-state index in [9.17, 15) is 13.2 Å². The number of benzene rings is 2. The predicted octanol–water partition coefficient (Wildman–Crippen LogP) is 5.82. The highest BCUT2D eigenvalue weighted by molar-refractivity contribution is 9.10. The zero-order chi connectivity index (χ0) is 25.9. The average molecular weight is 611 g/mol. The highest BCUT2D eigenvalue weighted by atomic mass is 79.9. The van der Waals surface area contributed by atoms with Gasteiger partial charge in [-0.2, -0.15) is 4.31 Å². The molecule has 2 heterocycles. The largest absolute Gasteiger partial charge is 0.336 e. The van der Waals surface area contributed by atoms with Crippen LogP contribution in [0, 0.1) is 0 Å². The fraction of sp³-hybridized carbons (Fsp3) is 0.346. The number of amides is 1. The first kappa shape index (κ1) is 27.3. The van der Waals surface area contributed by atoms with E-state index in [0.717, 1.165) is 24.1 Å². The second-order valence-corrected chi connectivity index (χ2v) is 13.0. The summed E-state index contributed by atoms with van der Waals surface area (Å²) in [6.45, 7) is 7.75. The Morgan fingerprint density at radius 3 is 2.42 bits per heavy atom. The molecular weight excluding hydrogens is 582 g/mol. The first-order chi connectivity index (χ1) is 17.2. The first-order valence-electron chi connectivity index (χ1n) is 11.9. The Balaban J connectivity index is 1.40. The molecule has 1 saturated heterocycles. The van der Waals surface area contributed by atoms with Crippen molar-refractivity contribution in [1.29, 1.82) is 0 Å². The highest BCUT2D eigenvalue weighted by Gasteiger charge is 2.27. The molecule has 1 aliphatic rings. The number of piperazine rings is 1. The Hall–Kier alpha value is -1.75. The Kier molecular flexibility index (Phi) is 8.91. The van der Waals surface area contributed by atoms with Crippen molar-refractivity contribution in [3.8, 4) is 10.4 Å². The van der Waals surface area contributed by atoms with E-state index in [-0.39, 0.29) is 21.4 Å². The second-order valence-electron chi connectivity index (χ2n) is 8.58. The van der Waals surface area contributed by atoms with Crippen LogP contribution in [0.2, 0.25) is 5.02 Å². The maximum atomic E-state index is 13.3. The van der Waals surface area contributed by atoms with Crippen LogP contribution in [0.15, 0.2) is 64.0 Å². The van der Waals surface area contributed by atoms with Gasteiger partial charge in [-0.25, -0.2) is 8.42 Å². The van der Waals surface area contributed by atoms with Gasteiger partial charge >= 0.3 is 0 Å². The number of thiophene rings is 1. The van der Waals surface area contributed by atoms with Crippen LogP contribution < -0.4 is 0 Å². The summed E-state index contributed by atoms with van der Waals surface area (Å²) in [7, 11) is -3.67. The molecule has 36 heavy (non-hydrogen) atoms. The fourth-order valence-corrected chi connectivity index (χ4v) is 7.43. The number of nitrogens with zero attached hydrogens (tertiary/aromatic N) is 3. The normalized spacial score (nSPS) is 15.0. The van der Waals surface area contributed by atoms with Gasteiger partial charge in [0.05, 0.1) is 15.5 Å². The topological polar surface area (TPSA) is 60.9 Å². The van der Waals surface area contributed by atoms with Gasteiger partial charge in [-0.15, -0.1) is 11.3 Å². The lowest BCUT2D eigenvalue weighted by molar-refractivity contribution is 0.0629. The Morgan fingerprint density at radius 2 is 1.75 bits per heavy atom. The van der Waals surface area contributed by atoms with Gasteiger partial charge < -0.3 is 4.90 Å². The number of carbonyl (C=O) groups excluding carboxylic acids is 1. The minimum absolute atomic E-state index is 0.0940. The van der Waals surface area contributed by atoms with Crippen LogP contribution in [0.1, 0.15) is 29.1 Å². The summed E-state index contributed by atoms with van der Waals surface area (Å²) in [5, 5.41) is 0.264. The minimum Gasteiger partial charge on any atom is -0.336 e. The molecule has 0 atom stereocenters. The van der Waals surface area contributed by atoms with Crippen molar-refractivity contribution in [2.45, 2.75) is 25.3 Å².